The van der Waals surface area contributed by atoms with Crippen molar-refractivity contribution >= 4 is 17.5 Å². The highest BCUT2D eigenvalue weighted by Gasteiger charge is 2.30. The van der Waals surface area contributed by atoms with Crippen LogP contribution in [-0.4, -0.2) is 49.5 Å². The fourth-order valence-electron chi connectivity index (χ4n) is 3.77. The Morgan fingerprint density at radius 3 is 2.57 bits per heavy atom. The number of piperidine rings is 1. The molecule has 0 unspecified atom stereocenters. The Hall–Kier alpha value is -2.86. The van der Waals surface area contributed by atoms with Crippen molar-refractivity contribution in [2.75, 3.05) is 32.1 Å². The molecule has 2 aromatic carbocycles. The Morgan fingerprint density at radius 2 is 1.87 bits per heavy atom. The van der Waals surface area contributed by atoms with Crippen molar-refractivity contribution < 1.29 is 14.3 Å². The van der Waals surface area contributed by atoms with Gasteiger partial charge >= 0.3 is 0 Å². The van der Waals surface area contributed by atoms with E-state index < -0.39 is 0 Å². The van der Waals surface area contributed by atoms with Gasteiger partial charge in [-0.1, -0.05) is 30.3 Å². The van der Waals surface area contributed by atoms with Crippen LogP contribution in [0.15, 0.2) is 54.6 Å². The first-order chi connectivity index (χ1) is 14.6. The maximum Gasteiger partial charge on any atom is 0.237 e. The summed E-state index contributed by atoms with van der Waals surface area (Å²) in [6.07, 6.45) is 2.53. The van der Waals surface area contributed by atoms with Crippen LogP contribution in [0.5, 0.6) is 5.75 Å². The minimum Gasteiger partial charge on any atom is -0.497 e. The van der Waals surface area contributed by atoms with E-state index in [1.165, 1.54) is 0 Å². The molecule has 2 aromatic rings. The number of anilines is 1. The zero-order valence-corrected chi connectivity index (χ0v) is 17.8. The monoisotopic (exact) mass is 409 g/mol. The summed E-state index contributed by atoms with van der Waals surface area (Å²) in [5.74, 6) is 0.756. The second kappa shape index (κ2) is 10.8. The van der Waals surface area contributed by atoms with Crippen LogP contribution in [0.4, 0.5) is 5.69 Å². The third kappa shape index (κ3) is 6.07. The van der Waals surface area contributed by atoms with Crippen LogP contribution in [0.1, 0.15) is 25.3 Å². The van der Waals surface area contributed by atoms with Gasteiger partial charge in [0.2, 0.25) is 11.8 Å². The standard InChI is InChI=1S/C24H31N3O3/c1-18(23(28)25-15-14-19-10-12-22(30-2)13-11-19)27-16-6-7-20(17-27)24(29)26-21-8-4-3-5-9-21/h3-5,8-13,18,20H,6-7,14-17H2,1-2H3,(H,25,28)(H,26,29)/t18-,20-/m1/s1. The number of likely N-dealkylation sites (tertiary alicyclic amines) is 1. The molecule has 1 aliphatic rings. The van der Waals surface area contributed by atoms with E-state index in [1.807, 2.05) is 61.5 Å². The van der Waals surface area contributed by atoms with Crippen LogP contribution in [0.3, 0.4) is 0 Å². The molecule has 0 saturated carbocycles. The molecule has 2 atom stereocenters. The van der Waals surface area contributed by atoms with Gasteiger partial charge in [-0.05, 0) is 62.6 Å². The molecular formula is C24H31N3O3. The summed E-state index contributed by atoms with van der Waals surface area (Å²) in [5.41, 5.74) is 1.96. The smallest absolute Gasteiger partial charge is 0.237 e. The second-order valence-electron chi connectivity index (χ2n) is 7.75. The molecule has 3 rings (SSSR count). The average Bonchev–Trinajstić information content (AvgIpc) is 2.79. The van der Waals surface area contributed by atoms with Crippen molar-refractivity contribution in [1.82, 2.24) is 10.2 Å². The summed E-state index contributed by atoms with van der Waals surface area (Å²) in [5, 5.41) is 6.01. The van der Waals surface area contributed by atoms with E-state index in [1.54, 1.807) is 7.11 Å². The SMILES string of the molecule is COc1ccc(CCNC(=O)[C@@H](C)N2CCC[C@@H](C(=O)Nc3ccccc3)C2)cc1. The molecule has 2 N–H and O–H groups in total. The number of rotatable bonds is 8. The number of carbonyl (C=O) groups excluding carboxylic acids is 2. The quantitative estimate of drug-likeness (QED) is 0.703. The van der Waals surface area contributed by atoms with Crippen molar-refractivity contribution in [2.24, 2.45) is 5.92 Å². The lowest BCUT2D eigenvalue weighted by molar-refractivity contribution is -0.129. The molecule has 0 aromatic heterocycles. The van der Waals surface area contributed by atoms with E-state index in [-0.39, 0.29) is 23.8 Å². The highest BCUT2D eigenvalue weighted by Crippen LogP contribution is 2.20. The summed E-state index contributed by atoms with van der Waals surface area (Å²) >= 11 is 0. The highest BCUT2D eigenvalue weighted by atomic mass is 16.5. The lowest BCUT2D eigenvalue weighted by Gasteiger charge is -2.35. The van der Waals surface area contributed by atoms with Crippen molar-refractivity contribution in [1.29, 1.82) is 0 Å². The number of para-hydroxylation sites is 1. The van der Waals surface area contributed by atoms with Gasteiger partial charge in [0, 0.05) is 18.8 Å². The number of carbonyl (C=O) groups is 2. The fraction of sp³-hybridized carbons (Fsp3) is 0.417. The molecule has 0 radical (unpaired) electrons. The first kappa shape index (κ1) is 21.8. The van der Waals surface area contributed by atoms with Crippen molar-refractivity contribution in [2.45, 2.75) is 32.2 Å². The van der Waals surface area contributed by atoms with E-state index in [0.717, 1.165) is 42.8 Å². The number of nitrogens with zero attached hydrogens (tertiary/aromatic N) is 1. The normalized spacial score (nSPS) is 17.7. The maximum atomic E-state index is 12.6. The van der Waals surface area contributed by atoms with E-state index in [0.29, 0.717) is 13.1 Å². The Labute approximate surface area is 178 Å². The number of amides is 2. The van der Waals surface area contributed by atoms with Gasteiger partial charge in [0.1, 0.15) is 5.75 Å². The number of nitrogens with one attached hydrogen (secondary N) is 2. The minimum atomic E-state index is -0.256. The lowest BCUT2D eigenvalue weighted by atomic mass is 9.95. The molecule has 2 amide bonds. The highest BCUT2D eigenvalue weighted by molar-refractivity contribution is 5.92. The molecule has 1 heterocycles. The van der Waals surface area contributed by atoms with Crippen LogP contribution < -0.4 is 15.4 Å². The number of methoxy groups -OCH3 is 1. The van der Waals surface area contributed by atoms with E-state index >= 15 is 0 Å². The maximum absolute atomic E-state index is 12.6. The van der Waals surface area contributed by atoms with E-state index in [2.05, 4.69) is 15.5 Å². The molecule has 6 nitrogen and oxygen atoms in total. The second-order valence-corrected chi connectivity index (χ2v) is 7.75. The summed E-state index contributed by atoms with van der Waals surface area (Å²) < 4.78 is 5.17. The first-order valence-corrected chi connectivity index (χ1v) is 10.6. The van der Waals surface area contributed by atoms with E-state index in [4.69, 9.17) is 4.74 Å². The van der Waals surface area contributed by atoms with Gasteiger partial charge in [0.15, 0.2) is 0 Å². The van der Waals surface area contributed by atoms with Crippen LogP contribution in [0.2, 0.25) is 0 Å². The molecule has 0 aliphatic carbocycles. The zero-order valence-electron chi connectivity index (χ0n) is 17.8. The third-order valence-electron chi connectivity index (χ3n) is 5.66. The van der Waals surface area contributed by atoms with Gasteiger partial charge in [0.25, 0.3) is 0 Å². The van der Waals surface area contributed by atoms with Crippen LogP contribution in [0, 0.1) is 5.92 Å². The predicted octanol–water partition coefficient (Wildman–Crippen LogP) is 3.09. The summed E-state index contributed by atoms with van der Waals surface area (Å²) in [6.45, 7) is 3.94. The van der Waals surface area contributed by atoms with Crippen molar-refractivity contribution in [3.8, 4) is 5.75 Å². The van der Waals surface area contributed by atoms with E-state index in [9.17, 15) is 9.59 Å². The predicted molar refractivity (Wildman–Crippen MR) is 119 cm³/mol. The van der Waals surface area contributed by atoms with Gasteiger partial charge in [0.05, 0.1) is 19.1 Å². The minimum absolute atomic E-state index is 0.00706. The van der Waals surface area contributed by atoms with Gasteiger partial charge in [-0.2, -0.15) is 0 Å². The Balaban J connectivity index is 1.45. The van der Waals surface area contributed by atoms with Gasteiger partial charge in [-0.15, -0.1) is 0 Å². The number of hydrogen-bond acceptors (Lipinski definition) is 4. The van der Waals surface area contributed by atoms with Crippen molar-refractivity contribution in [3.63, 3.8) is 0 Å². The fourth-order valence-corrected chi connectivity index (χ4v) is 3.77. The Bertz CT molecular complexity index is 823. The molecular weight excluding hydrogens is 378 g/mol. The van der Waals surface area contributed by atoms with Crippen LogP contribution >= 0.6 is 0 Å². The molecule has 6 heteroatoms. The summed E-state index contributed by atoms with van der Waals surface area (Å²) in [7, 11) is 1.65. The topological polar surface area (TPSA) is 70.7 Å². The molecule has 1 saturated heterocycles. The molecule has 1 aliphatic heterocycles. The molecule has 0 spiro atoms. The molecule has 1 fully saturated rings. The van der Waals surface area contributed by atoms with Crippen LogP contribution in [0.25, 0.3) is 0 Å². The Morgan fingerprint density at radius 1 is 1.13 bits per heavy atom. The molecule has 0 bridgehead atoms. The Kier molecular flexibility index (Phi) is 7.85. The molecule has 30 heavy (non-hydrogen) atoms. The molecule has 160 valence electrons. The number of hydrogen-bond donors (Lipinski definition) is 2. The third-order valence-corrected chi connectivity index (χ3v) is 5.66. The first-order valence-electron chi connectivity index (χ1n) is 10.6. The summed E-state index contributed by atoms with van der Waals surface area (Å²) in [6, 6.07) is 17.1. The van der Waals surface area contributed by atoms with Gasteiger partial charge in [-0.3, -0.25) is 14.5 Å². The van der Waals surface area contributed by atoms with Gasteiger partial charge < -0.3 is 15.4 Å². The number of ether oxygens (including phenoxy) is 1. The average molecular weight is 410 g/mol. The zero-order chi connectivity index (χ0) is 21.3. The lowest BCUT2D eigenvalue weighted by Crippen LogP contribution is -2.51. The van der Waals surface area contributed by atoms with Gasteiger partial charge in [-0.25, -0.2) is 0 Å². The largest absolute Gasteiger partial charge is 0.497 e. The number of benzene rings is 2. The van der Waals surface area contributed by atoms with Crippen molar-refractivity contribution in [3.05, 3.63) is 60.2 Å². The summed E-state index contributed by atoms with van der Waals surface area (Å²) in [4.78, 5) is 27.4. The van der Waals surface area contributed by atoms with Crippen LogP contribution in [-0.2, 0) is 16.0 Å².